The lowest BCUT2D eigenvalue weighted by molar-refractivity contribution is -0.144. The smallest absolute Gasteiger partial charge is 0.409 e. The molecule has 1 aromatic rings. The zero-order chi connectivity index (χ0) is 16.7. The molecular weight excluding hydrogens is 296 g/mol. The average Bonchev–Trinajstić information content (AvgIpc) is 2.58. The largest absolute Gasteiger partial charge is 0.480 e. The quantitative estimate of drug-likeness (QED) is 0.870. The molecule has 0 radical (unpaired) electrons. The molecule has 2 rings (SSSR count). The highest BCUT2D eigenvalue weighted by atomic mass is 16.6. The summed E-state index contributed by atoms with van der Waals surface area (Å²) in [4.78, 5) is 26.7. The summed E-state index contributed by atoms with van der Waals surface area (Å²) in [6, 6.07) is 9.08. The topological polar surface area (TPSA) is 70.1 Å². The molecule has 0 aromatic heterocycles. The summed E-state index contributed by atoms with van der Waals surface area (Å²) >= 11 is 0. The summed E-state index contributed by atoms with van der Waals surface area (Å²) in [5.41, 5.74) is 0.941. The SMILES string of the molecule is CN(CCN1CCCCC1C(=O)O)C(=O)OCc1ccccc1. The first-order valence-corrected chi connectivity index (χ1v) is 7.96. The second kappa shape index (κ2) is 8.53. The van der Waals surface area contributed by atoms with Gasteiger partial charge in [-0.05, 0) is 24.9 Å². The van der Waals surface area contributed by atoms with Crippen molar-refractivity contribution in [1.82, 2.24) is 9.80 Å². The van der Waals surface area contributed by atoms with E-state index in [0.717, 1.165) is 24.9 Å². The Hall–Kier alpha value is -2.08. The Kier molecular flexibility index (Phi) is 6.40. The van der Waals surface area contributed by atoms with E-state index in [4.69, 9.17) is 4.74 Å². The number of hydrogen-bond acceptors (Lipinski definition) is 4. The summed E-state index contributed by atoms with van der Waals surface area (Å²) < 4.78 is 5.26. The molecular formula is C17H24N2O4. The van der Waals surface area contributed by atoms with E-state index in [-0.39, 0.29) is 6.61 Å². The van der Waals surface area contributed by atoms with Crippen molar-refractivity contribution in [2.45, 2.75) is 31.9 Å². The fourth-order valence-corrected chi connectivity index (χ4v) is 2.74. The highest BCUT2D eigenvalue weighted by Crippen LogP contribution is 2.16. The summed E-state index contributed by atoms with van der Waals surface area (Å²) in [5.74, 6) is -0.779. The molecule has 1 amide bonds. The number of likely N-dealkylation sites (N-methyl/N-ethyl adjacent to an activating group) is 1. The van der Waals surface area contributed by atoms with Gasteiger partial charge in [0.25, 0.3) is 0 Å². The standard InChI is InChI=1S/C17H24N2O4/c1-18(17(22)23-13-14-7-3-2-4-8-14)11-12-19-10-6-5-9-15(19)16(20)21/h2-4,7-8,15H,5-6,9-13H2,1H3,(H,20,21). The monoisotopic (exact) mass is 320 g/mol. The molecule has 0 saturated carbocycles. The number of carboxylic acid groups (broad SMARTS) is 1. The number of ether oxygens (including phenoxy) is 1. The van der Waals surface area contributed by atoms with E-state index in [1.807, 2.05) is 35.2 Å². The molecule has 0 bridgehead atoms. The summed E-state index contributed by atoms with van der Waals surface area (Å²) in [6.07, 6.45) is 2.24. The van der Waals surface area contributed by atoms with Crippen LogP contribution >= 0.6 is 0 Å². The molecule has 1 aromatic carbocycles. The average molecular weight is 320 g/mol. The first-order valence-electron chi connectivity index (χ1n) is 7.96. The lowest BCUT2D eigenvalue weighted by Gasteiger charge is -2.33. The van der Waals surface area contributed by atoms with Crippen LogP contribution in [-0.4, -0.2) is 59.7 Å². The third kappa shape index (κ3) is 5.25. The van der Waals surface area contributed by atoms with Crippen LogP contribution < -0.4 is 0 Å². The number of amides is 1. The number of aliphatic carboxylic acids is 1. The normalized spacial score (nSPS) is 18.4. The van der Waals surface area contributed by atoms with Crippen molar-refractivity contribution in [3.63, 3.8) is 0 Å². The number of carbonyl (C=O) groups is 2. The van der Waals surface area contributed by atoms with Gasteiger partial charge in [-0.2, -0.15) is 0 Å². The number of rotatable bonds is 6. The van der Waals surface area contributed by atoms with Crippen molar-refractivity contribution in [3.05, 3.63) is 35.9 Å². The van der Waals surface area contributed by atoms with Gasteiger partial charge in [0.15, 0.2) is 0 Å². The molecule has 1 unspecified atom stereocenters. The Morgan fingerprint density at radius 3 is 2.74 bits per heavy atom. The van der Waals surface area contributed by atoms with Crippen LogP contribution in [0.2, 0.25) is 0 Å². The molecule has 23 heavy (non-hydrogen) atoms. The molecule has 6 heteroatoms. The van der Waals surface area contributed by atoms with Gasteiger partial charge in [0.2, 0.25) is 0 Å². The Morgan fingerprint density at radius 2 is 2.04 bits per heavy atom. The number of carbonyl (C=O) groups excluding carboxylic acids is 1. The number of nitrogens with zero attached hydrogens (tertiary/aromatic N) is 2. The Balaban J connectivity index is 1.75. The van der Waals surface area contributed by atoms with Crippen LogP contribution in [0.4, 0.5) is 4.79 Å². The first kappa shape index (κ1) is 17.3. The zero-order valence-electron chi connectivity index (χ0n) is 13.5. The zero-order valence-corrected chi connectivity index (χ0v) is 13.5. The molecule has 0 aliphatic carbocycles. The van der Waals surface area contributed by atoms with Gasteiger partial charge in [0, 0.05) is 20.1 Å². The lowest BCUT2D eigenvalue weighted by atomic mass is 10.0. The third-order valence-corrected chi connectivity index (χ3v) is 4.14. The number of piperidine rings is 1. The predicted molar refractivity (Wildman–Crippen MR) is 86.1 cm³/mol. The minimum atomic E-state index is -0.779. The molecule has 1 aliphatic rings. The molecule has 1 atom stereocenters. The Labute approximate surface area is 136 Å². The van der Waals surface area contributed by atoms with Gasteiger partial charge in [-0.3, -0.25) is 9.69 Å². The van der Waals surface area contributed by atoms with Crippen molar-refractivity contribution in [2.75, 3.05) is 26.7 Å². The van der Waals surface area contributed by atoms with E-state index in [1.54, 1.807) is 7.05 Å². The maximum atomic E-state index is 12.0. The summed E-state index contributed by atoms with van der Waals surface area (Å²) in [6.45, 7) is 2.01. The van der Waals surface area contributed by atoms with Crippen LogP contribution in [0.3, 0.4) is 0 Å². The Bertz CT molecular complexity index is 521. The predicted octanol–water partition coefficient (Wildman–Crippen LogP) is 2.19. The summed E-state index contributed by atoms with van der Waals surface area (Å²) in [5, 5.41) is 9.25. The first-order chi connectivity index (χ1) is 11.1. The maximum Gasteiger partial charge on any atom is 0.409 e. The van der Waals surface area contributed by atoms with Gasteiger partial charge in [-0.25, -0.2) is 4.79 Å². The fraction of sp³-hybridized carbons (Fsp3) is 0.529. The van der Waals surface area contributed by atoms with E-state index < -0.39 is 18.1 Å². The molecule has 6 nitrogen and oxygen atoms in total. The van der Waals surface area contributed by atoms with Crippen molar-refractivity contribution >= 4 is 12.1 Å². The van der Waals surface area contributed by atoms with Gasteiger partial charge in [0.05, 0.1) is 0 Å². The van der Waals surface area contributed by atoms with Gasteiger partial charge in [0.1, 0.15) is 12.6 Å². The van der Waals surface area contributed by atoms with E-state index in [1.165, 1.54) is 4.90 Å². The van der Waals surface area contributed by atoms with Crippen LogP contribution in [0.25, 0.3) is 0 Å². The number of likely N-dealkylation sites (tertiary alicyclic amines) is 1. The van der Waals surface area contributed by atoms with Crippen LogP contribution in [0.1, 0.15) is 24.8 Å². The van der Waals surface area contributed by atoms with E-state index in [2.05, 4.69) is 0 Å². The van der Waals surface area contributed by atoms with Crippen molar-refractivity contribution in [1.29, 1.82) is 0 Å². The minimum Gasteiger partial charge on any atom is -0.480 e. The highest BCUT2D eigenvalue weighted by molar-refractivity contribution is 5.73. The second-order valence-electron chi connectivity index (χ2n) is 5.85. The molecule has 1 N–H and O–H groups in total. The van der Waals surface area contributed by atoms with Crippen LogP contribution in [0.15, 0.2) is 30.3 Å². The van der Waals surface area contributed by atoms with Crippen molar-refractivity contribution in [2.24, 2.45) is 0 Å². The second-order valence-corrected chi connectivity index (χ2v) is 5.85. The summed E-state index contributed by atoms with van der Waals surface area (Å²) in [7, 11) is 1.67. The highest BCUT2D eigenvalue weighted by Gasteiger charge is 2.28. The molecule has 1 heterocycles. The van der Waals surface area contributed by atoms with Gasteiger partial charge in [-0.1, -0.05) is 36.8 Å². The van der Waals surface area contributed by atoms with E-state index in [9.17, 15) is 14.7 Å². The van der Waals surface area contributed by atoms with Gasteiger partial charge >= 0.3 is 12.1 Å². The molecule has 1 aliphatic heterocycles. The van der Waals surface area contributed by atoms with Crippen molar-refractivity contribution < 1.29 is 19.4 Å². The molecule has 1 saturated heterocycles. The van der Waals surface area contributed by atoms with E-state index in [0.29, 0.717) is 19.5 Å². The van der Waals surface area contributed by atoms with Crippen LogP contribution in [0, 0.1) is 0 Å². The molecule has 126 valence electrons. The minimum absolute atomic E-state index is 0.242. The van der Waals surface area contributed by atoms with E-state index >= 15 is 0 Å². The van der Waals surface area contributed by atoms with Crippen LogP contribution in [-0.2, 0) is 16.1 Å². The number of benzene rings is 1. The molecule has 0 spiro atoms. The maximum absolute atomic E-state index is 12.0. The number of hydrogen-bond donors (Lipinski definition) is 1. The third-order valence-electron chi connectivity index (χ3n) is 4.14. The molecule has 1 fully saturated rings. The number of carboxylic acids is 1. The van der Waals surface area contributed by atoms with Crippen LogP contribution in [0.5, 0.6) is 0 Å². The van der Waals surface area contributed by atoms with Crippen molar-refractivity contribution in [3.8, 4) is 0 Å². The fourth-order valence-electron chi connectivity index (χ4n) is 2.74. The Morgan fingerprint density at radius 1 is 1.30 bits per heavy atom. The lowest BCUT2D eigenvalue weighted by Crippen LogP contribution is -2.47. The van der Waals surface area contributed by atoms with Gasteiger partial charge < -0.3 is 14.7 Å². The van der Waals surface area contributed by atoms with Gasteiger partial charge in [-0.15, -0.1) is 0 Å².